The first-order chi connectivity index (χ1) is 8.12. The van der Waals surface area contributed by atoms with Crippen LogP contribution in [0.1, 0.15) is 37.4 Å². The molecular formula is C12H20BrN3O. The number of rotatable bonds is 5. The van der Waals surface area contributed by atoms with Crippen LogP contribution >= 0.6 is 15.9 Å². The molecule has 0 bridgehead atoms. The molecule has 1 aromatic rings. The van der Waals surface area contributed by atoms with E-state index in [0.29, 0.717) is 0 Å². The lowest BCUT2D eigenvalue weighted by molar-refractivity contribution is -0.0838. The molecule has 0 amide bonds. The van der Waals surface area contributed by atoms with Gasteiger partial charge in [0.15, 0.2) is 0 Å². The van der Waals surface area contributed by atoms with Gasteiger partial charge in [-0.2, -0.15) is 5.10 Å². The number of hydrogen-bond acceptors (Lipinski definition) is 3. The first kappa shape index (κ1) is 13.1. The molecule has 4 nitrogen and oxygen atoms in total. The van der Waals surface area contributed by atoms with Crippen molar-refractivity contribution in [2.75, 3.05) is 14.2 Å². The smallest absolute Gasteiger partial charge is 0.0697 e. The van der Waals surface area contributed by atoms with Gasteiger partial charge in [-0.25, -0.2) is 0 Å². The number of ether oxygens (including phenoxy) is 1. The van der Waals surface area contributed by atoms with Crippen molar-refractivity contribution in [3.8, 4) is 0 Å². The summed E-state index contributed by atoms with van der Waals surface area (Å²) in [6.07, 6.45) is 6.45. The van der Waals surface area contributed by atoms with E-state index in [9.17, 15) is 0 Å². The molecule has 5 heteroatoms. The first-order valence-corrected chi connectivity index (χ1v) is 6.81. The Morgan fingerprint density at radius 3 is 2.71 bits per heavy atom. The quantitative estimate of drug-likeness (QED) is 0.908. The standard InChI is InChI=1S/C12H20BrN3O/c1-14-10(7-12(17-3)5-4-6-12)11-9(13)8-15-16(11)2/h8,10,14H,4-7H2,1-3H3. The number of nitrogens with one attached hydrogen (secondary N) is 1. The van der Waals surface area contributed by atoms with Gasteiger partial charge >= 0.3 is 0 Å². The van der Waals surface area contributed by atoms with E-state index in [0.717, 1.165) is 23.7 Å². The number of hydrogen-bond donors (Lipinski definition) is 1. The van der Waals surface area contributed by atoms with Gasteiger partial charge in [0.05, 0.1) is 28.0 Å². The molecule has 1 aliphatic rings. The minimum absolute atomic E-state index is 0.0669. The summed E-state index contributed by atoms with van der Waals surface area (Å²) in [4.78, 5) is 0. The Morgan fingerprint density at radius 1 is 1.65 bits per heavy atom. The molecule has 0 spiro atoms. The molecule has 0 radical (unpaired) electrons. The third-order valence-electron chi connectivity index (χ3n) is 3.89. The highest BCUT2D eigenvalue weighted by atomic mass is 79.9. The highest BCUT2D eigenvalue weighted by molar-refractivity contribution is 9.10. The van der Waals surface area contributed by atoms with Crippen molar-refractivity contribution in [1.29, 1.82) is 0 Å². The van der Waals surface area contributed by atoms with Crippen molar-refractivity contribution in [3.05, 3.63) is 16.4 Å². The maximum Gasteiger partial charge on any atom is 0.0697 e. The molecular weight excluding hydrogens is 282 g/mol. The largest absolute Gasteiger partial charge is 0.378 e. The number of methoxy groups -OCH3 is 1. The second-order valence-corrected chi connectivity index (χ2v) is 5.64. The minimum Gasteiger partial charge on any atom is -0.378 e. The molecule has 1 atom stereocenters. The predicted octanol–water partition coefficient (Wildman–Crippen LogP) is 2.40. The number of nitrogens with zero attached hydrogens (tertiary/aromatic N) is 2. The molecule has 1 unspecified atom stereocenters. The third kappa shape index (κ3) is 2.41. The second kappa shape index (κ2) is 5.08. The SMILES string of the molecule is CNC(CC1(OC)CCC1)c1c(Br)cnn1C. The summed E-state index contributed by atoms with van der Waals surface area (Å²) in [6.45, 7) is 0. The summed E-state index contributed by atoms with van der Waals surface area (Å²) >= 11 is 3.56. The molecule has 0 saturated heterocycles. The van der Waals surface area contributed by atoms with Gasteiger partial charge in [-0.1, -0.05) is 0 Å². The van der Waals surface area contributed by atoms with Crippen LogP contribution in [0.2, 0.25) is 0 Å². The van der Waals surface area contributed by atoms with Crippen LogP contribution in [0.15, 0.2) is 10.7 Å². The van der Waals surface area contributed by atoms with Crippen LogP contribution in [0.4, 0.5) is 0 Å². The molecule has 96 valence electrons. The van der Waals surface area contributed by atoms with Gasteiger partial charge in [0, 0.05) is 14.2 Å². The average Bonchev–Trinajstić information content (AvgIpc) is 2.60. The molecule has 1 N–H and O–H groups in total. The van der Waals surface area contributed by atoms with E-state index in [2.05, 4.69) is 26.3 Å². The van der Waals surface area contributed by atoms with E-state index < -0.39 is 0 Å². The van der Waals surface area contributed by atoms with Crippen LogP contribution in [0.3, 0.4) is 0 Å². The Balaban J connectivity index is 2.17. The van der Waals surface area contributed by atoms with Gasteiger partial charge in [-0.3, -0.25) is 4.68 Å². The normalized spacial score (nSPS) is 20.0. The highest BCUT2D eigenvalue weighted by Crippen LogP contribution is 2.42. The van der Waals surface area contributed by atoms with Crippen molar-refractivity contribution < 1.29 is 4.74 Å². The van der Waals surface area contributed by atoms with E-state index >= 15 is 0 Å². The molecule has 1 aromatic heterocycles. The summed E-state index contributed by atoms with van der Waals surface area (Å²) in [5, 5.41) is 7.65. The summed E-state index contributed by atoms with van der Waals surface area (Å²) in [7, 11) is 5.79. The summed E-state index contributed by atoms with van der Waals surface area (Å²) in [5.74, 6) is 0. The fourth-order valence-corrected chi connectivity index (χ4v) is 3.21. The second-order valence-electron chi connectivity index (χ2n) is 4.79. The van der Waals surface area contributed by atoms with Crippen molar-refractivity contribution in [2.45, 2.75) is 37.3 Å². The molecule has 1 fully saturated rings. The zero-order valence-corrected chi connectivity index (χ0v) is 12.2. The Labute approximate surface area is 111 Å². The maximum atomic E-state index is 5.70. The van der Waals surface area contributed by atoms with Gasteiger partial charge in [0.2, 0.25) is 0 Å². The van der Waals surface area contributed by atoms with Gasteiger partial charge in [-0.15, -0.1) is 0 Å². The number of aromatic nitrogens is 2. The molecule has 2 rings (SSSR count). The molecule has 0 aliphatic heterocycles. The van der Waals surface area contributed by atoms with Crippen LogP contribution in [-0.2, 0) is 11.8 Å². The summed E-state index contributed by atoms with van der Waals surface area (Å²) < 4.78 is 8.68. The van der Waals surface area contributed by atoms with Gasteiger partial charge in [0.1, 0.15) is 0 Å². The predicted molar refractivity (Wildman–Crippen MR) is 70.9 cm³/mol. The molecule has 17 heavy (non-hydrogen) atoms. The number of aryl methyl sites for hydroxylation is 1. The minimum atomic E-state index is 0.0669. The van der Waals surface area contributed by atoms with Gasteiger partial charge in [-0.05, 0) is 48.7 Å². The highest BCUT2D eigenvalue weighted by Gasteiger charge is 2.39. The topological polar surface area (TPSA) is 39.1 Å². The Kier molecular flexibility index (Phi) is 3.90. The summed E-state index contributed by atoms with van der Waals surface area (Å²) in [6, 6.07) is 0.275. The summed E-state index contributed by atoms with van der Waals surface area (Å²) in [5.41, 5.74) is 1.26. The zero-order chi connectivity index (χ0) is 12.5. The monoisotopic (exact) mass is 301 g/mol. The van der Waals surface area contributed by atoms with Gasteiger partial charge in [0.25, 0.3) is 0 Å². The van der Waals surface area contributed by atoms with E-state index in [1.54, 1.807) is 0 Å². The Bertz CT molecular complexity index is 362. The van der Waals surface area contributed by atoms with Crippen molar-refractivity contribution in [2.24, 2.45) is 7.05 Å². The lowest BCUT2D eigenvalue weighted by Crippen LogP contribution is -2.42. The number of halogens is 1. The molecule has 0 aromatic carbocycles. The van der Waals surface area contributed by atoms with E-state index in [-0.39, 0.29) is 11.6 Å². The van der Waals surface area contributed by atoms with Crippen molar-refractivity contribution >= 4 is 15.9 Å². The fourth-order valence-electron chi connectivity index (χ4n) is 2.58. The van der Waals surface area contributed by atoms with Crippen molar-refractivity contribution in [3.63, 3.8) is 0 Å². The third-order valence-corrected chi connectivity index (χ3v) is 4.50. The Morgan fingerprint density at radius 2 is 2.35 bits per heavy atom. The first-order valence-electron chi connectivity index (χ1n) is 6.02. The maximum absolute atomic E-state index is 5.70. The molecule has 1 saturated carbocycles. The van der Waals surface area contributed by atoms with E-state index in [1.807, 2.05) is 32.1 Å². The zero-order valence-electron chi connectivity index (χ0n) is 10.7. The van der Waals surface area contributed by atoms with Crippen molar-refractivity contribution in [1.82, 2.24) is 15.1 Å². The van der Waals surface area contributed by atoms with Crippen LogP contribution in [0.25, 0.3) is 0 Å². The van der Waals surface area contributed by atoms with E-state index in [4.69, 9.17) is 4.74 Å². The lowest BCUT2D eigenvalue weighted by Gasteiger charge is -2.42. The average molecular weight is 302 g/mol. The fraction of sp³-hybridized carbons (Fsp3) is 0.750. The van der Waals surface area contributed by atoms with Crippen LogP contribution in [-0.4, -0.2) is 29.5 Å². The van der Waals surface area contributed by atoms with Crippen LogP contribution in [0, 0.1) is 0 Å². The Hall–Kier alpha value is -0.390. The van der Waals surface area contributed by atoms with Gasteiger partial charge < -0.3 is 10.1 Å². The molecule has 1 heterocycles. The molecule has 1 aliphatic carbocycles. The lowest BCUT2D eigenvalue weighted by atomic mass is 9.75. The van der Waals surface area contributed by atoms with E-state index in [1.165, 1.54) is 12.1 Å². The van der Waals surface area contributed by atoms with Crippen LogP contribution < -0.4 is 5.32 Å². The van der Waals surface area contributed by atoms with Crippen LogP contribution in [0.5, 0.6) is 0 Å².